The fraction of sp³-hybridized carbons (Fsp3) is 0.100. The van der Waals surface area contributed by atoms with Crippen LogP contribution in [0.2, 0.25) is 0 Å². The van der Waals surface area contributed by atoms with Crippen molar-refractivity contribution in [3.8, 4) is 0 Å². The predicted octanol–water partition coefficient (Wildman–Crippen LogP) is 0.318. The van der Waals surface area contributed by atoms with Crippen LogP contribution in [-0.4, -0.2) is 25.6 Å². The van der Waals surface area contributed by atoms with Gasteiger partial charge in [0.1, 0.15) is 0 Å². The van der Waals surface area contributed by atoms with Crippen molar-refractivity contribution in [3.05, 3.63) is 52.5 Å². The third-order valence-electron chi connectivity index (χ3n) is 2.12. The Morgan fingerprint density at radius 1 is 1.56 bits per heavy atom. The number of aromatic carboxylic acids is 1. The zero-order chi connectivity index (χ0) is 11.5. The molecule has 0 atom stereocenters. The summed E-state index contributed by atoms with van der Waals surface area (Å²) in [6.07, 6.45) is 4.51. The van der Waals surface area contributed by atoms with Crippen LogP contribution in [0.5, 0.6) is 0 Å². The number of nitrogens with one attached hydrogen (secondary N) is 1. The van der Waals surface area contributed by atoms with Gasteiger partial charge in [0.25, 0.3) is 0 Å². The van der Waals surface area contributed by atoms with Crippen LogP contribution in [0.1, 0.15) is 16.1 Å². The number of rotatable bonds is 3. The summed E-state index contributed by atoms with van der Waals surface area (Å²) < 4.78 is 1.41. The standard InChI is InChI=1S/C10H9N3O3/c14-9(15)7-1-2-11-8(5-7)6-13-4-3-12-10(13)16/h1-5H,6H2,(H,12,16)(H,14,15). The smallest absolute Gasteiger partial charge is 0.335 e. The summed E-state index contributed by atoms with van der Waals surface area (Å²) in [5.74, 6) is -1.01. The quantitative estimate of drug-likeness (QED) is 0.778. The fourth-order valence-corrected chi connectivity index (χ4v) is 1.35. The molecular weight excluding hydrogens is 210 g/mol. The number of hydrogen-bond donors (Lipinski definition) is 2. The molecule has 6 heteroatoms. The van der Waals surface area contributed by atoms with E-state index in [1.165, 1.54) is 29.1 Å². The molecule has 2 rings (SSSR count). The number of carboxylic acids is 1. The lowest BCUT2D eigenvalue weighted by molar-refractivity contribution is 0.0696. The summed E-state index contributed by atoms with van der Waals surface area (Å²) in [5.41, 5.74) is 0.442. The minimum Gasteiger partial charge on any atom is -0.478 e. The molecule has 0 spiro atoms. The molecule has 16 heavy (non-hydrogen) atoms. The van der Waals surface area contributed by atoms with Gasteiger partial charge >= 0.3 is 11.7 Å². The molecule has 0 aliphatic rings. The number of imidazole rings is 1. The minimum absolute atomic E-state index is 0.161. The molecule has 0 aromatic carbocycles. The zero-order valence-corrected chi connectivity index (χ0v) is 8.25. The van der Waals surface area contributed by atoms with E-state index in [0.29, 0.717) is 5.69 Å². The van der Waals surface area contributed by atoms with Gasteiger partial charge in [0, 0.05) is 18.6 Å². The monoisotopic (exact) mass is 219 g/mol. The van der Waals surface area contributed by atoms with Gasteiger partial charge in [0.05, 0.1) is 17.8 Å². The van der Waals surface area contributed by atoms with E-state index < -0.39 is 5.97 Å². The highest BCUT2D eigenvalue weighted by atomic mass is 16.4. The summed E-state index contributed by atoms with van der Waals surface area (Å²) in [7, 11) is 0. The van der Waals surface area contributed by atoms with Gasteiger partial charge in [-0.15, -0.1) is 0 Å². The van der Waals surface area contributed by atoms with E-state index >= 15 is 0 Å². The number of carboxylic acid groups (broad SMARTS) is 1. The van der Waals surface area contributed by atoms with Gasteiger partial charge in [-0.25, -0.2) is 9.59 Å². The molecule has 0 bridgehead atoms. The largest absolute Gasteiger partial charge is 0.478 e. The first-order valence-corrected chi connectivity index (χ1v) is 4.59. The predicted molar refractivity (Wildman–Crippen MR) is 55.4 cm³/mol. The lowest BCUT2D eigenvalue weighted by Crippen LogP contribution is -2.17. The molecule has 2 heterocycles. The molecule has 82 valence electrons. The van der Waals surface area contributed by atoms with Crippen LogP contribution in [0.15, 0.2) is 35.5 Å². The van der Waals surface area contributed by atoms with Gasteiger partial charge < -0.3 is 10.1 Å². The fourth-order valence-electron chi connectivity index (χ4n) is 1.35. The summed E-state index contributed by atoms with van der Waals surface area (Å²) in [6.45, 7) is 0.253. The number of hydrogen-bond acceptors (Lipinski definition) is 3. The number of H-pyrrole nitrogens is 1. The first-order chi connectivity index (χ1) is 7.66. The number of aromatic amines is 1. The Bertz CT molecular complexity index is 570. The Morgan fingerprint density at radius 3 is 3.00 bits per heavy atom. The Labute approximate surface area is 90.2 Å². The molecule has 2 aromatic heterocycles. The van der Waals surface area contributed by atoms with Gasteiger partial charge in [-0.05, 0) is 12.1 Å². The lowest BCUT2D eigenvalue weighted by Gasteiger charge is -2.01. The highest BCUT2D eigenvalue weighted by Crippen LogP contribution is 2.02. The molecule has 6 nitrogen and oxygen atoms in total. The van der Waals surface area contributed by atoms with E-state index in [-0.39, 0.29) is 17.8 Å². The third kappa shape index (κ3) is 2.00. The summed E-state index contributed by atoms with van der Waals surface area (Å²) in [6, 6.07) is 2.85. The van der Waals surface area contributed by atoms with Crippen molar-refractivity contribution in [2.24, 2.45) is 0 Å². The van der Waals surface area contributed by atoms with Gasteiger partial charge in [-0.1, -0.05) is 0 Å². The highest BCUT2D eigenvalue weighted by molar-refractivity contribution is 5.87. The van der Waals surface area contributed by atoms with E-state index in [2.05, 4.69) is 9.97 Å². The van der Waals surface area contributed by atoms with Crippen LogP contribution in [0.25, 0.3) is 0 Å². The Kier molecular flexibility index (Phi) is 2.55. The van der Waals surface area contributed by atoms with Crippen LogP contribution in [-0.2, 0) is 6.54 Å². The van der Waals surface area contributed by atoms with Crippen LogP contribution in [0.4, 0.5) is 0 Å². The van der Waals surface area contributed by atoms with Crippen molar-refractivity contribution in [2.75, 3.05) is 0 Å². The SMILES string of the molecule is O=C(O)c1ccnc(Cn2cc[nH]c2=O)c1. The van der Waals surface area contributed by atoms with E-state index in [4.69, 9.17) is 5.11 Å². The molecule has 2 aromatic rings. The number of carbonyl (C=O) groups is 1. The van der Waals surface area contributed by atoms with Crippen molar-refractivity contribution >= 4 is 5.97 Å². The topological polar surface area (TPSA) is 88.0 Å². The molecule has 0 unspecified atom stereocenters. The molecule has 0 amide bonds. The summed E-state index contributed by atoms with van der Waals surface area (Å²) >= 11 is 0. The maximum atomic E-state index is 11.2. The zero-order valence-electron chi connectivity index (χ0n) is 8.25. The van der Waals surface area contributed by atoms with Gasteiger partial charge in [-0.3, -0.25) is 9.55 Å². The maximum Gasteiger partial charge on any atom is 0.335 e. The maximum absolute atomic E-state index is 11.2. The number of nitrogens with zero attached hydrogens (tertiary/aromatic N) is 2. The van der Waals surface area contributed by atoms with E-state index in [9.17, 15) is 9.59 Å². The highest BCUT2D eigenvalue weighted by Gasteiger charge is 2.05. The van der Waals surface area contributed by atoms with Crippen LogP contribution in [0, 0.1) is 0 Å². The Morgan fingerprint density at radius 2 is 2.38 bits per heavy atom. The first-order valence-electron chi connectivity index (χ1n) is 4.59. The second kappa shape index (κ2) is 4.01. The van der Waals surface area contributed by atoms with Crippen molar-refractivity contribution in [3.63, 3.8) is 0 Å². The first kappa shape index (κ1) is 10.2. The molecule has 0 radical (unpaired) electrons. The second-order valence-electron chi connectivity index (χ2n) is 3.23. The van der Waals surface area contributed by atoms with Gasteiger partial charge in [-0.2, -0.15) is 0 Å². The van der Waals surface area contributed by atoms with Gasteiger partial charge in [0.15, 0.2) is 0 Å². The molecule has 0 aliphatic carbocycles. The molecule has 0 saturated heterocycles. The number of aromatic nitrogens is 3. The van der Waals surface area contributed by atoms with Crippen molar-refractivity contribution < 1.29 is 9.90 Å². The second-order valence-corrected chi connectivity index (χ2v) is 3.23. The molecule has 2 N–H and O–H groups in total. The van der Waals surface area contributed by atoms with E-state index in [0.717, 1.165) is 0 Å². The Balaban J connectivity index is 2.29. The van der Waals surface area contributed by atoms with Crippen LogP contribution < -0.4 is 5.69 Å². The van der Waals surface area contributed by atoms with Crippen molar-refractivity contribution in [2.45, 2.75) is 6.54 Å². The Hall–Kier alpha value is -2.37. The van der Waals surface area contributed by atoms with Crippen molar-refractivity contribution in [1.29, 1.82) is 0 Å². The molecule has 0 aliphatic heterocycles. The van der Waals surface area contributed by atoms with Crippen molar-refractivity contribution in [1.82, 2.24) is 14.5 Å². The summed E-state index contributed by atoms with van der Waals surface area (Å²) in [5, 5.41) is 8.79. The molecular formula is C10H9N3O3. The molecule has 0 fully saturated rings. The average Bonchev–Trinajstić information content (AvgIpc) is 2.65. The molecule has 0 saturated carbocycles. The normalized spacial score (nSPS) is 10.2. The van der Waals surface area contributed by atoms with E-state index in [1.807, 2.05) is 0 Å². The average molecular weight is 219 g/mol. The summed E-state index contributed by atoms with van der Waals surface area (Å²) in [4.78, 5) is 28.4. The van der Waals surface area contributed by atoms with Crippen LogP contribution >= 0.6 is 0 Å². The number of pyridine rings is 1. The third-order valence-corrected chi connectivity index (χ3v) is 2.12. The van der Waals surface area contributed by atoms with Crippen LogP contribution in [0.3, 0.4) is 0 Å². The van der Waals surface area contributed by atoms with E-state index in [1.54, 1.807) is 6.20 Å². The van der Waals surface area contributed by atoms with Gasteiger partial charge in [0.2, 0.25) is 0 Å². The lowest BCUT2D eigenvalue weighted by atomic mass is 10.2. The minimum atomic E-state index is -1.01.